The van der Waals surface area contributed by atoms with E-state index in [4.69, 9.17) is 4.74 Å². The molecule has 32 heavy (non-hydrogen) atoms. The Labute approximate surface area is 187 Å². The third-order valence-electron chi connectivity index (χ3n) is 5.86. The number of carbonyl (C=O) groups excluding carboxylic acids is 2. The van der Waals surface area contributed by atoms with E-state index in [2.05, 4.69) is 20.2 Å². The van der Waals surface area contributed by atoms with Crippen molar-refractivity contribution >= 4 is 22.8 Å². The molecule has 2 heterocycles. The third-order valence-corrected chi connectivity index (χ3v) is 5.86. The van der Waals surface area contributed by atoms with E-state index in [1.807, 2.05) is 53.4 Å². The molecule has 0 aliphatic carbocycles. The summed E-state index contributed by atoms with van der Waals surface area (Å²) in [6, 6.07) is 15.5. The summed E-state index contributed by atoms with van der Waals surface area (Å²) in [6.45, 7) is 4.20. The Morgan fingerprint density at radius 2 is 1.94 bits per heavy atom. The second kappa shape index (κ2) is 9.82. The molecule has 1 unspecified atom stereocenters. The summed E-state index contributed by atoms with van der Waals surface area (Å²) in [5, 5.41) is 2.99. The average molecular weight is 436 g/mol. The molecule has 1 aliphatic rings. The number of methoxy groups -OCH3 is 1. The van der Waals surface area contributed by atoms with Crippen LogP contribution in [0.4, 0.5) is 0 Å². The molecule has 1 saturated heterocycles. The number of hydrogen-bond acceptors (Lipinski definition) is 5. The molecule has 2 amide bonds. The summed E-state index contributed by atoms with van der Waals surface area (Å²) in [5.74, 6) is 1.60. The number of piperazine rings is 1. The van der Waals surface area contributed by atoms with E-state index in [1.54, 1.807) is 14.0 Å². The number of H-pyrrole nitrogens is 1. The number of para-hydroxylation sites is 3. The quantitative estimate of drug-likeness (QED) is 0.593. The summed E-state index contributed by atoms with van der Waals surface area (Å²) >= 11 is 0. The van der Waals surface area contributed by atoms with Crippen LogP contribution < -0.4 is 10.1 Å². The number of aromatic amines is 1. The Morgan fingerprint density at radius 1 is 1.16 bits per heavy atom. The summed E-state index contributed by atoms with van der Waals surface area (Å²) in [5.41, 5.74) is 2.89. The maximum Gasteiger partial charge on any atom is 0.234 e. The third kappa shape index (κ3) is 4.91. The van der Waals surface area contributed by atoms with Crippen LogP contribution in [0.1, 0.15) is 24.4 Å². The summed E-state index contributed by atoms with van der Waals surface area (Å²) < 4.78 is 5.52. The highest BCUT2D eigenvalue weighted by atomic mass is 16.5. The first kappa shape index (κ1) is 21.8. The van der Waals surface area contributed by atoms with E-state index in [0.717, 1.165) is 28.2 Å². The van der Waals surface area contributed by atoms with Gasteiger partial charge in [0.2, 0.25) is 11.8 Å². The lowest BCUT2D eigenvalue weighted by molar-refractivity contribution is -0.134. The fourth-order valence-corrected chi connectivity index (χ4v) is 4.27. The van der Waals surface area contributed by atoms with E-state index in [-0.39, 0.29) is 24.4 Å². The lowest BCUT2D eigenvalue weighted by Gasteiger charge is -2.41. The largest absolute Gasteiger partial charge is 0.496 e. The van der Waals surface area contributed by atoms with Crippen LogP contribution in [0.25, 0.3) is 11.0 Å². The SMILES string of the molecule is COc1ccccc1C1CN(CC(=O)NCCc2nc3ccccc3[nH]2)CCN1C(C)=O. The Balaban J connectivity index is 1.34. The normalized spacial score (nSPS) is 16.8. The van der Waals surface area contributed by atoms with Crippen LogP contribution in [0.15, 0.2) is 48.5 Å². The number of fused-ring (bicyclic) bond motifs is 1. The Hall–Kier alpha value is -3.39. The van der Waals surface area contributed by atoms with E-state index in [9.17, 15) is 9.59 Å². The zero-order valence-corrected chi connectivity index (χ0v) is 18.5. The van der Waals surface area contributed by atoms with Gasteiger partial charge in [-0.25, -0.2) is 4.98 Å². The van der Waals surface area contributed by atoms with Crippen LogP contribution in [0.5, 0.6) is 5.75 Å². The van der Waals surface area contributed by atoms with Gasteiger partial charge in [-0.05, 0) is 18.2 Å². The number of aromatic nitrogens is 2. The van der Waals surface area contributed by atoms with Crippen molar-refractivity contribution in [3.05, 3.63) is 59.9 Å². The number of hydrogen-bond donors (Lipinski definition) is 2. The molecule has 1 aliphatic heterocycles. The molecule has 8 heteroatoms. The van der Waals surface area contributed by atoms with Gasteiger partial charge >= 0.3 is 0 Å². The van der Waals surface area contributed by atoms with Crippen molar-refractivity contribution in [2.24, 2.45) is 0 Å². The van der Waals surface area contributed by atoms with E-state index < -0.39 is 0 Å². The van der Waals surface area contributed by atoms with Gasteiger partial charge < -0.3 is 19.9 Å². The first-order valence-electron chi connectivity index (χ1n) is 10.9. The smallest absolute Gasteiger partial charge is 0.234 e. The molecule has 0 bridgehead atoms. The predicted molar refractivity (Wildman–Crippen MR) is 122 cm³/mol. The molecule has 2 N–H and O–H groups in total. The maximum absolute atomic E-state index is 12.6. The molecule has 1 atom stereocenters. The van der Waals surface area contributed by atoms with Gasteiger partial charge in [-0.2, -0.15) is 0 Å². The molecule has 168 valence electrons. The van der Waals surface area contributed by atoms with Crippen LogP contribution in [-0.2, 0) is 16.0 Å². The van der Waals surface area contributed by atoms with Gasteiger partial charge in [0.05, 0.1) is 30.7 Å². The van der Waals surface area contributed by atoms with Crippen molar-refractivity contribution in [3.8, 4) is 5.75 Å². The lowest BCUT2D eigenvalue weighted by Crippen LogP contribution is -2.52. The van der Waals surface area contributed by atoms with E-state index in [0.29, 0.717) is 32.6 Å². The highest BCUT2D eigenvalue weighted by molar-refractivity contribution is 5.78. The van der Waals surface area contributed by atoms with Crippen LogP contribution >= 0.6 is 0 Å². The topological polar surface area (TPSA) is 90.6 Å². The van der Waals surface area contributed by atoms with Gasteiger partial charge in [0.15, 0.2) is 0 Å². The number of amides is 2. The molecule has 0 spiro atoms. The maximum atomic E-state index is 12.6. The molecule has 3 aromatic rings. The zero-order chi connectivity index (χ0) is 22.5. The number of benzene rings is 2. The minimum Gasteiger partial charge on any atom is -0.496 e. The predicted octanol–water partition coefficient (Wildman–Crippen LogP) is 2.14. The highest BCUT2D eigenvalue weighted by Gasteiger charge is 2.32. The van der Waals surface area contributed by atoms with Gasteiger partial charge in [-0.3, -0.25) is 14.5 Å². The Morgan fingerprint density at radius 3 is 2.72 bits per heavy atom. The fraction of sp³-hybridized carbons (Fsp3) is 0.375. The molecule has 4 rings (SSSR count). The second-order valence-corrected chi connectivity index (χ2v) is 8.01. The van der Waals surface area contributed by atoms with Crippen LogP contribution in [0, 0.1) is 0 Å². The minimum absolute atomic E-state index is 0.0239. The number of rotatable bonds is 7. The van der Waals surface area contributed by atoms with Crippen molar-refractivity contribution < 1.29 is 14.3 Å². The van der Waals surface area contributed by atoms with Crippen molar-refractivity contribution in [2.75, 3.05) is 39.8 Å². The summed E-state index contributed by atoms with van der Waals surface area (Å²) in [7, 11) is 1.63. The fourth-order valence-electron chi connectivity index (χ4n) is 4.27. The minimum atomic E-state index is -0.152. The van der Waals surface area contributed by atoms with E-state index >= 15 is 0 Å². The number of carbonyl (C=O) groups is 2. The van der Waals surface area contributed by atoms with Gasteiger partial charge in [0.1, 0.15) is 11.6 Å². The van der Waals surface area contributed by atoms with Gasteiger partial charge in [-0.15, -0.1) is 0 Å². The van der Waals surface area contributed by atoms with Crippen molar-refractivity contribution in [1.29, 1.82) is 0 Å². The van der Waals surface area contributed by atoms with Crippen molar-refractivity contribution in [2.45, 2.75) is 19.4 Å². The summed E-state index contributed by atoms with van der Waals surface area (Å²) in [6.07, 6.45) is 0.641. The molecule has 1 fully saturated rings. The van der Waals surface area contributed by atoms with Gasteiger partial charge in [0.25, 0.3) is 0 Å². The zero-order valence-electron chi connectivity index (χ0n) is 18.5. The second-order valence-electron chi connectivity index (χ2n) is 8.01. The summed E-state index contributed by atoms with van der Waals surface area (Å²) in [4.78, 5) is 36.6. The van der Waals surface area contributed by atoms with Gasteiger partial charge in [-0.1, -0.05) is 30.3 Å². The first-order valence-corrected chi connectivity index (χ1v) is 10.9. The van der Waals surface area contributed by atoms with E-state index in [1.165, 1.54) is 0 Å². The molecular formula is C24H29N5O3. The average Bonchev–Trinajstić information content (AvgIpc) is 3.21. The van der Waals surface area contributed by atoms with Crippen LogP contribution in [0.3, 0.4) is 0 Å². The monoisotopic (exact) mass is 435 g/mol. The molecule has 0 saturated carbocycles. The van der Waals surface area contributed by atoms with Crippen molar-refractivity contribution in [1.82, 2.24) is 25.1 Å². The standard InChI is InChI=1S/C24H29N5O3/c1-17(30)29-14-13-28(15-21(29)18-7-3-6-10-22(18)32-2)16-24(31)25-12-11-23-26-19-8-4-5-9-20(19)27-23/h3-10,21H,11-16H2,1-2H3,(H,25,31)(H,26,27). The van der Waals surface area contributed by atoms with Gasteiger partial charge in [0, 0.05) is 45.1 Å². The number of nitrogens with zero attached hydrogens (tertiary/aromatic N) is 3. The number of imidazole rings is 1. The molecule has 0 radical (unpaired) electrons. The molecule has 8 nitrogen and oxygen atoms in total. The number of ether oxygens (including phenoxy) is 1. The lowest BCUT2D eigenvalue weighted by atomic mass is 10.0. The Bertz CT molecular complexity index is 1060. The van der Waals surface area contributed by atoms with Crippen LogP contribution in [-0.4, -0.2) is 71.4 Å². The highest BCUT2D eigenvalue weighted by Crippen LogP contribution is 2.32. The molecule has 2 aromatic carbocycles. The molecular weight excluding hydrogens is 406 g/mol. The molecule has 1 aromatic heterocycles. The Kier molecular flexibility index (Phi) is 6.70. The number of nitrogens with one attached hydrogen (secondary N) is 2. The van der Waals surface area contributed by atoms with Crippen molar-refractivity contribution in [3.63, 3.8) is 0 Å². The first-order chi connectivity index (χ1) is 15.5. The van der Waals surface area contributed by atoms with Crippen LogP contribution in [0.2, 0.25) is 0 Å².